The van der Waals surface area contributed by atoms with Crippen molar-refractivity contribution in [3.05, 3.63) is 30.1 Å². The molecule has 0 bridgehead atoms. The molecule has 0 spiro atoms. The highest BCUT2D eigenvalue weighted by atomic mass is 16.6. The minimum atomic E-state index is -0.475. The lowest BCUT2D eigenvalue weighted by Crippen LogP contribution is -2.37. The number of amides is 1. The molecular weight excluding hydrogens is 342 g/mol. The maximum atomic E-state index is 11.1. The van der Waals surface area contributed by atoms with Gasteiger partial charge in [-0.3, -0.25) is 9.78 Å². The van der Waals surface area contributed by atoms with Crippen LogP contribution in [0.1, 0.15) is 61.0 Å². The Labute approximate surface area is 165 Å². The molecule has 6 heteroatoms. The number of carbonyl (C=O) groups is 2. The van der Waals surface area contributed by atoms with E-state index in [0.717, 1.165) is 0 Å². The van der Waals surface area contributed by atoms with Gasteiger partial charge >= 0.3 is 6.09 Å². The summed E-state index contributed by atoms with van der Waals surface area (Å²) in [6.45, 7) is 19.0. The second-order valence-electron chi connectivity index (χ2n) is 8.84. The Hall–Kier alpha value is -1.95. The molecule has 0 radical (unpaired) electrons. The van der Waals surface area contributed by atoms with Gasteiger partial charge in [0.1, 0.15) is 11.4 Å². The first-order valence-corrected chi connectivity index (χ1v) is 9.24. The van der Waals surface area contributed by atoms with Gasteiger partial charge in [-0.25, -0.2) is 4.79 Å². The monoisotopic (exact) mass is 381 g/mol. The molecule has 1 aromatic rings. The molecule has 0 saturated heterocycles. The maximum absolute atomic E-state index is 11.1. The third-order valence-electron chi connectivity index (χ3n) is 2.15. The van der Waals surface area contributed by atoms with Gasteiger partial charge in [-0.1, -0.05) is 33.8 Å². The standard InChI is InChI=1S/C10H20N2O3.C6H7N.C5H12/c1-8(13)7-11-5-6-12-9(14)15-10(2,3)4;1-6-3-2-4-7-5-6;1-5(2,3)4/h11H,5-7H2,1-4H3,(H,12,14);2-5H,1H3;1-4H3. The van der Waals surface area contributed by atoms with Crippen molar-refractivity contribution in [3.8, 4) is 0 Å². The highest BCUT2D eigenvalue weighted by Crippen LogP contribution is 2.08. The van der Waals surface area contributed by atoms with E-state index in [2.05, 4.69) is 43.3 Å². The minimum absolute atomic E-state index is 0.0762. The fraction of sp³-hybridized carbons (Fsp3) is 0.667. The Balaban J connectivity index is 0. The number of nitrogens with one attached hydrogen (secondary N) is 2. The van der Waals surface area contributed by atoms with Crippen LogP contribution in [0.2, 0.25) is 0 Å². The fourth-order valence-corrected chi connectivity index (χ4v) is 1.28. The van der Waals surface area contributed by atoms with Gasteiger partial charge < -0.3 is 15.4 Å². The zero-order chi connectivity index (χ0) is 21.5. The number of aromatic nitrogens is 1. The van der Waals surface area contributed by atoms with Crippen molar-refractivity contribution in [2.45, 2.75) is 67.9 Å². The summed E-state index contributed by atoms with van der Waals surface area (Å²) < 4.78 is 5.02. The van der Waals surface area contributed by atoms with Crippen molar-refractivity contribution in [1.82, 2.24) is 15.6 Å². The van der Waals surface area contributed by atoms with Crippen LogP contribution in [0.15, 0.2) is 24.5 Å². The van der Waals surface area contributed by atoms with Gasteiger partial charge in [-0.05, 0) is 51.7 Å². The van der Waals surface area contributed by atoms with Gasteiger partial charge in [0, 0.05) is 25.5 Å². The molecule has 0 aliphatic heterocycles. The molecule has 1 amide bonds. The minimum Gasteiger partial charge on any atom is -0.444 e. The van der Waals surface area contributed by atoms with Crippen molar-refractivity contribution in [2.24, 2.45) is 5.41 Å². The molecular formula is C21H39N3O3. The van der Waals surface area contributed by atoms with Crippen molar-refractivity contribution in [3.63, 3.8) is 0 Å². The summed E-state index contributed by atoms with van der Waals surface area (Å²) >= 11 is 0. The number of carbonyl (C=O) groups excluding carboxylic acids is 2. The number of nitrogens with zero attached hydrogens (tertiary/aromatic N) is 1. The highest BCUT2D eigenvalue weighted by Gasteiger charge is 2.15. The first kappa shape index (κ1) is 27.3. The fourth-order valence-electron chi connectivity index (χ4n) is 1.28. The lowest BCUT2D eigenvalue weighted by Gasteiger charge is -2.19. The number of ketones is 1. The lowest BCUT2D eigenvalue weighted by molar-refractivity contribution is -0.116. The van der Waals surface area contributed by atoms with Crippen LogP contribution in [0, 0.1) is 12.3 Å². The predicted molar refractivity (Wildman–Crippen MR) is 112 cm³/mol. The quantitative estimate of drug-likeness (QED) is 0.750. The van der Waals surface area contributed by atoms with Crippen molar-refractivity contribution in [1.29, 1.82) is 0 Å². The highest BCUT2D eigenvalue weighted by molar-refractivity contribution is 5.77. The van der Waals surface area contributed by atoms with Crippen LogP contribution in [0.5, 0.6) is 0 Å². The van der Waals surface area contributed by atoms with E-state index in [9.17, 15) is 9.59 Å². The molecule has 6 nitrogen and oxygen atoms in total. The number of alkyl carbamates (subject to hydrolysis) is 1. The van der Waals surface area contributed by atoms with E-state index in [1.165, 1.54) is 12.5 Å². The van der Waals surface area contributed by atoms with Gasteiger partial charge in [-0.15, -0.1) is 0 Å². The van der Waals surface area contributed by atoms with Gasteiger partial charge in [-0.2, -0.15) is 0 Å². The average Bonchev–Trinajstić information content (AvgIpc) is 2.44. The summed E-state index contributed by atoms with van der Waals surface area (Å²) in [6, 6.07) is 3.95. The van der Waals surface area contributed by atoms with Crippen LogP contribution in [0.4, 0.5) is 4.79 Å². The number of ether oxygens (including phenoxy) is 1. The van der Waals surface area contributed by atoms with Gasteiger partial charge in [0.2, 0.25) is 0 Å². The van der Waals surface area contributed by atoms with Crippen molar-refractivity contribution in [2.75, 3.05) is 19.6 Å². The normalized spacial score (nSPS) is 10.6. The molecule has 2 N–H and O–H groups in total. The first-order valence-electron chi connectivity index (χ1n) is 9.24. The van der Waals surface area contributed by atoms with Gasteiger partial charge in [0.15, 0.2) is 0 Å². The predicted octanol–water partition coefficient (Wildman–Crippen LogP) is 4.13. The Kier molecular flexibility index (Phi) is 14.3. The molecule has 0 fully saturated rings. The van der Waals surface area contributed by atoms with E-state index in [-0.39, 0.29) is 5.78 Å². The summed E-state index contributed by atoms with van der Waals surface area (Å²) in [6.07, 6.45) is 3.17. The number of Topliss-reactive ketones (excluding diaryl/α,β-unsaturated/α-hetero) is 1. The van der Waals surface area contributed by atoms with Crippen molar-refractivity contribution < 1.29 is 14.3 Å². The van der Waals surface area contributed by atoms with Crippen molar-refractivity contribution >= 4 is 11.9 Å². The van der Waals surface area contributed by atoms with E-state index < -0.39 is 11.7 Å². The number of hydrogen-bond acceptors (Lipinski definition) is 5. The largest absolute Gasteiger partial charge is 0.444 e. The van der Waals surface area contributed by atoms with Crippen LogP contribution in [-0.4, -0.2) is 42.1 Å². The summed E-state index contributed by atoms with van der Waals surface area (Å²) in [4.78, 5) is 25.6. The third-order valence-corrected chi connectivity index (χ3v) is 2.15. The summed E-state index contributed by atoms with van der Waals surface area (Å²) in [5.41, 5.74) is 1.24. The third kappa shape index (κ3) is 32.2. The van der Waals surface area contributed by atoms with E-state index in [1.807, 2.05) is 25.3 Å². The number of aryl methyl sites for hydroxylation is 1. The number of pyridine rings is 1. The summed E-state index contributed by atoms with van der Waals surface area (Å²) in [5.74, 6) is 0.0762. The molecule has 156 valence electrons. The molecule has 0 atom stereocenters. The summed E-state index contributed by atoms with van der Waals surface area (Å²) in [7, 11) is 0. The number of rotatable bonds is 5. The van der Waals surface area contributed by atoms with E-state index in [0.29, 0.717) is 25.0 Å². The molecule has 0 aliphatic carbocycles. The second kappa shape index (κ2) is 14.2. The molecule has 1 rings (SSSR count). The zero-order valence-corrected chi connectivity index (χ0v) is 18.6. The summed E-state index contributed by atoms with van der Waals surface area (Å²) in [5, 5.41) is 5.46. The topological polar surface area (TPSA) is 80.3 Å². The first-order chi connectivity index (χ1) is 12.2. The zero-order valence-electron chi connectivity index (χ0n) is 18.6. The Morgan fingerprint density at radius 2 is 1.63 bits per heavy atom. The van der Waals surface area contributed by atoms with Crippen LogP contribution in [-0.2, 0) is 9.53 Å². The van der Waals surface area contributed by atoms with E-state index in [4.69, 9.17) is 4.74 Å². The smallest absolute Gasteiger partial charge is 0.407 e. The Morgan fingerprint density at radius 3 is 1.96 bits per heavy atom. The van der Waals surface area contributed by atoms with Gasteiger partial charge in [0.05, 0.1) is 6.54 Å². The SMILES string of the molecule is CC(=O)CNCCNC(=O)OC(C)(C)C.CC(C)(C)C.Cc1cccnc1. The maximum Gasteiger partial charge on any atom is 0.407 e. The molecule has 0 aliphatic rings. The molecule has 27 heavy (non-hydrogen) atoms. The van der Waals surface area contributed by atoms with Crippen LogP contribution < -0.4 is 10.6 Å². The van der Waals surface area contributed by atoms with Crippen LogP contribution in [0.25, 0.3) is 0 Å². The van der Waals surface area contributed by atoms with E-state index in [1.54, 1.807) is 27.0 Å². The number of hydrogen-bond donors (Lipinski definition) is 2. The van der Waals surface area contributed by atoms with Gasteiger partial charge in [0.25, 0.3) is 0 Å². The molecule has 0 saturated carbocycles. The molecule has 1 aromatic heterocycles. The molecule has 1 heterocycles. The molecule has 0 unspecified atom stereocenters. The van der Waals surface area contributed by atoms with Crippen LogP contribution >= 0.6 is 0 Å². The lowest BCUT2D eigenvalue weighted by atomic mass is 10.0. The molecule has 0 aromatic carbocycles. The Morgan fingerprint density at radius 1 is 1.07 bits per heavy atom. The Bertz CT molecular complexity index is 512. The van der Waals surface area contributed by atoms with Crippen LogP contribution in [0.3, 0.4) is 0 Å². The average molecular weight is 382 g/mol. The second-order valence-corrected chi connectivity index (χ2v) is 8.84. The van der Waals surface area contributed by atoms with E-state index >= 15 is 0 Å².